The average molecular weight is 561 g/mol. The second-order valence-corrected chi connectivity index (χ2v) is 10.2. The van der Waals surface area contributed by atoms with Gasteiger partial charge in [-0.1, -0.05) is 68.5 Å². The number of Topliss-reactive ketones (excluding diaryl/α,β-unsaturated/α-hetero) is 1. The molecule has 0 saturated carbocycles. The summed E-state index contributed by atoms with van der Waals surface area (Å²) in [4.78, 5) is 38.4. The molecule has 3 aromatic rings. The zero-order valence-electron chi connectivity index (χ0n) is 22.2. The lowest BCUT2D eigenvalue weighted by Crippen LogP contribution is -2.48. The molecule has 0 fully saturated rings. The minimum absolute atomic E-state index is 0.161. The van der Waals surface area contributed by atoms with Crippen molar-refractivity contribution in [1.82, 2.24) is 10.1 Å². The van der Waals surface area contributed by atoms with Crippen molar-refractivity contribution in [2.24, 2.45) is 0 Å². The molecule has 0 aliphatic heterocycles. The van der Waals surface area contributed by atoms with Gasteiger partial charge in [0.25, 0.3) is 5.56 Å². The molecule has 1 heterocycles. The number of hydrogen-bond acceptors (Lipinski definition) is 7. The van der Waals surface area contributed by atoms with Gasteiger partial charge in [-0.05, 0) is 42.7 Å². The molecule has 1 aromatic heterocycles. The highest BCUT2D eigenvalue weighted by molar-refractivity contribution is 6.30. The van der Waals surface area contributed by atoms with Crippen LogP contribution in [0, 0.1) is 5.82 Å². The first kappa shape index (κ1) is 30.3. The van der Waals surface area contributed by atoms with E-state index >= 15 is 0 Å². The van der Waals surface area contributed by atoms with Crippen LogP contribution in [0.3, 0.4) is 0 Å². The van der Waals surface area contributed by atoms with E-state index in [0.717, 1.165) is 37.3 Å². The summed E-state index contributed by atoms with van der Waals surface area (Å²) in [6, 6.07) is 12.3. The molecule has 0 bridgehead atoms. The number of aromatic nitrogens is 1. The molecule has 39 heavy (non-hydrogen) atoms. The Balaban J connectivity index is 1.72. The molecule has 0 radical (unpaired) electrons. The van der Waals surface area contributed by atoms with Crippen molar-refractivity contribution in [3.05, 3.63) is 81.0 Å². The van der Waals surface area contributed by atoms with Crippen LogP contribution >= 0.6 is 11.6 Å². The zero-order valence-corrected chi connectivity index (χ0v) is 22.9. The molecule has 0 amide bonds. The summed E-state index contributed by atoms with van der Waals surface area (Å²) in [5, 5.41) is 13.4. The number of carbonyl (C=O) groups excluding carboxylic acids is 2. The van der Waals surface area contributed by atoms with Gasteiger partial charge >= 0.3 is 5.97 Å². The van der Waals surface area contributed by atoms with Crippen molar-refractivity contribution in [1.29, 1.82) is 0 Å². The molecule has 2 aromatic carbocycles. The number of nitrogens with one attached hydrogen (secondary N) is 1. The van der Waals surface area contributed by atoms with E-state index < -0.39 is 28.7 Å². The molecule has 3 rings (SSSR count). The standard InChI is InChI=1S/C29H34ClFN2O6/c1-3-4-5-6-7-14-38-28(36)29(2,37)19-33(18-25(34)26-16-27(35)32-39-26)17-20-8-10-21(11-9-20)23-15-22(30)12-13-24(23)31/h8-13,15-16,37H,3-7,14,17-19H2,1-2H3,(H,32,35)/t29-/m1/s1. The van der Waals surface area contributed by atoms with Gasteiger partial charge in [0, 0.05) is 23.7 Å². The number of unbranched alkanes of at least 4 members (excludes halogenated alkanes) is 4. The topological polar surface area (TPSA) is 113 Å². The molecule has 0 aliphatic rings. The van der Waals surface area contributed by atoms with Gasteiger partial charge in [-0.3, -0.25) is 14.5 Å². The van der Waals surface area contributed by atoms with Gasteiger partial charge in [0.15, 0.2) is 5.60 Å². The SMILES string of the molecule is CCCCCCCOC(=O)[C@](C)(O)CN(CC(=O)c1cc(=O)[nH]o1)Cc1ccc(-c2cc(Cl)ccc2F)cc1. The predicted molar refractivity (Wildman–Crippen MR) is 146 cm³/mol. The lowest BCUT2D eigenvalue weighted by Gasteiger charge is -2.29. The van der Waals surface area contributed by atoms with E-state index in [1.807, 2.05) is 0 Å². The van der Waals surface area contributed by atoms with Crippen molar-refractivity contribution in [3.8, 4) is 11.1 Å². The summed E-state index contributed by atoms with van der Waals surface area (Å²) < 4.78 is 24.5. The Morgan fingerprint density at radius 3 is 2.49 bits per heavy atom. The maximum Gasteiger partial charge on any atom is 0.339 e. The molecular weight excluding hydrogens is 527 g/mol. The Labute approximate surface area is 231 Å². The second kappa shape index (κ2) is 14.2. The van der Waals surface area contributed by atoms with Crippen LogP contribution in [0.25, 0.3) is 11.1 Å². The average Bonchev–Trinajstić information content (AvgIpc) is 3.34. The van der Waals surface area contributed by atoms with E-state index in [0.29, 0.717) is 22.6 Å². The summed E-state index contributed by atoms with van der Waals surface area (Å²) in [5.74, 6) is -1.86. The Morgan fingerprint density at radius 2 is 1.82 bits per heavy atom. The fourth-order valence-electron chi connectivity index (χ4n) is 4.16. The predicted octanol–water partition coefficient (Wildman–Crippen LogP) is 5.38. The first-order valence-electron chi connectivity index (χ1n) is 13.0. The first-order valence-corrected chi connectivity index (χ1v) is 13.3. The van der Waals surface area contributed by atoms with Crippen LogP contribution in [0.2, 0.25) is 5.02 Å². The molecule has 0 aliphatic carbocycles. The van der Waals surface area contributed by atoms with Crippen LogP contribution in [0.15, 0.2) is 57.8 Å². The number of ketones is 1. The van der Waals surface area contributed by atoms with Crippen LogP contribution < -0.4 is 5.56 Å². The number of ether oxygens (including phenoxy) is 1. The lowest BCUT2D eigenvalue weighted by molar-refractivity contribution is -0.165. The normalized spacial score (nSPS) is 12.9. The number of H-pyrrole nitrogens is 1. The van der Waals surface area contributed by atoms with Crippen LogP contribution in [-0.2, 0) is 16.1 Å². The van der Waals surface area contributed by atoms with Crippen LogP contribution in [-0.4, -0.2) is 52.2 Å². The van der Waals surface area contributed by atoms with Crippen molar-refractivity contribution in [2.75, 3.05) is 19.7 Å². The highest BCUT2D eigenvalue weighted by atomic mass is 35.5. The molecule has 1 atom stereocenters. The summed E-state index contributed by atoms with van der Waals surface area (Å²) in [7, 11) is 0. The van der Waals surface area contributed by atoms with Gasteiger partial charge in [-0.2, -0.15) is 5.16 Å². The highest BCUT2D eigenvalue weighted by Crippen LogP contribution is 2.26. The molecule has 2 N–H and O–H groups in total. The highest BCUT2D eigenvalue weighted by Gasteiger charge is 2.35. The maximum absolute atomic E-state index is 14.3. The zero-order chi connectivity index (χ0) is 28.4. The third-order valence-corrected chi connectivity index (χ3v) is 6.45. The molecule has 0 unspecified atom stereocenters. The quantitative estimate of drug-likeness (QED) is 0.146. The molecule has 8 nitrogen and oxygen atoms in total. The molecule has 0 spiro atoms. The van der Waals surface area contributed by atoms with E-state index in [1.54, 1.807) is 29.2 Å². The van der Waals surface area contributed by atoms with Crippen molar-refractivity contribution in [3.63, 3.8) is 0 Å². The van der Waals surface area contributed by atoms with Crippen LogP contribution in [0.4, 0.5) is 4.39 Å². The second-order valence-electron chi connectivity index (χ2n) is 9.79. The van der Waals surface area contributed by atoms with E-state index in [9.17, 15) is 23.9 Å². The van der Waals surface area contributed by atoms with Gasteiger partial charge in [-0.25, -0.2) is 9.18 Å². The number of carbonyl (C=O) groups is 2. The number of halogens is 2. The summed E-state index contributed by atoms with van der Waals surface area (Å²) in [6.45, 7) is 3.36. The molecular formula is C29H34ClFN2O6. The van der Waals surface area contributed by atoms with Gasteiger partial charge < -0.3 is 14.4 Å². The smallest absolute Gasteiger partial charge is 0.339 e. The molecule has 210 valence electrons. The van der Waals surface area contributed by atoms with Crippen LogP contribution in [0.5, 0.6) is 0 Å². The van der Waals surface area contributed by atoms with E-state index in [-0.39, 0.29) is 32.0 Å². The number of aromatic amines is 1. The number of nitrogens with zero attached hydrogens (tertiary/aromatic N) is 1. The number of benzene rings is 2. The van der Waals surface area contributed by atoms with Crippen LogP contribution in [0.1, 0.15) is 62.1 Å². The number of rotatable bonds is 15. The Morgan fingerprint density at radius 1 is 1.10 bits per heavy atom. The molecule has 10 heteroatoms. The number of esters is 1. The third kappa shape index (κ3) is 9.16. The first-order chi connectivity index (χ1) is 18.6. The molecule has 0 saturated heterocycles. The maximum atomic E-state index is 14.3. The summed E-state index contributed by atoms with van der Waals surface area (Å²) >= 11 is 6.02. The Bertz CT molecular complexity index is 1300. The van der Waals surface area contributed by atoms with Gasteiger partial charge in [0.2, 0.25) is 11.5 Å². The minimum Gasteiger partial charge on any atom is -0.464 e. The van der Waals surface area contributed by atoms with Gasteiger partial charge in [0.05, 0.1) is 19.2 Å². The van der Waals surface area contributed by atoms with E-state index in [2.05, 4.69) is 12.1 Å². The van der Waals surface area contributed by atoms with Gasteiger partial charge in [0.1, 0.15) is 5.82 Å². The monoisotopic (exact) mass is 560 g/mol. The lowest BCUT2D eigenvalue weighted by atomic mass is 10.0. The number of hydrogen-bond donors (Lipinski definition) is 2. The fraction of sp³-hybridized carbons (Fsp3) is 0.414. The minimum atomic E-state index is -1.90. The van der Waals surface area contributed by atoms with E-state index in [1.165, 1.54) is 25.1 Å². The summed E-state index contributed by atoms with van der Waals surface area (Å²) in [5.41, 5.74) is -0.742. The van der Waals surface area contributed by atoms with Crippen molar-refractivity contribution < 1.29 is 28.3 Å². The van der Waals surface area contributed by atoms with Crippen molar-refractivity contribution in [2.45, 2.75) is 58.1 Å². The van der Waals surface area contributed by atoms with E-state index in [4.69, 9.17) is 20.9 Å². The van der Waals surface area contributed by atoms with Gasteiger partial charge in [-0.15, -0.1) is 0 Å². The largest absolute Gasteiger partial charge is 0.464 e. The Kier molecular flexibility index (Phi) is 11.0. The third-order valence-electron chi connectivity index (χ3n) is 6.22. The van der Waals surface area contributed by atoms with Crippen molar-refractivity contribution >= 4 is 23.4 Å². The summed E-state index contributed by atoms with van der Waals surface area (Å²) in [6.07, 6.45) is 4.91. The fourth-order valence-corrected chi connectivity index (χ4v) is 4.33. The number of aliphatic hydroxyl groups is 1. The Hall–Kier alpha value is -3.27.